The van der Waals surface area contributed by atoms with Crippen LogP contribution in [0.1, 0.15) is 30.9 Å². The quantitative estimate of drug-likeness (QED) is 0.836. The van der Waals surface area contributed by atoms with E-state index in [0.717, 1.165) is 19.0 Å². The molecule has 0 radical (unpaired) electrons. The monoisotopic (exact) mass is 256 g/mol. The highest BCUT2D eigenvalue weighted by molar-refractivity contribution is 5.20. The zero-order valence-electron chi connectivity index (χ0n) is 11.6. The average Bonchev–Trinajstić information content (AvgIpc) is 2.50. The molecule has 2 unspecified atom stereocenters. The molecule has 1 aliphatic carbocycles. The van der Waals surface area contributed by atoms with Crippen molar-refractivity contribution in [2.45, 2.75) is 25.3 Å². The molecule has 0 bridgehead atoms. The van der Waals surface area contributed by atoms with E-state index in [0.29, 0.717) is 6.04 Å². The maximum absolute atomic E-state index is 3.54. The molecule has 1 heterocycles. The molecular formula is C17H24N2. The molecule has 1 fully saturated rings. The summed E-state index contributed by atoms with van der Waals surface area (Å²) in [5.74, 6) is 0.856. The summed E-state index contributed by atoms with van der Waals surface area (Å²) in [5.41, 5.74) is 1.46. The predicted octanol–water partition coefficient (Wildman–Crippen LogP) is 2.99. The minimum absolute atomic E-state index is 0.556. The number of rotatable bonds is 3. The highest BCUT2D eigenvalue weighted by Crippen LogP contribution is 2.26. The van der Waals surface area contributed by atoms with Gasteiger partial charge >= 0.3 is 0 Å². The second kappa shape index (κ2) is 6.36. The van der Waals surface area contributed by atoms with Crippen molar-refractivity contribution in [2.24, 2.45) is 5.92 Å². The molecule has 1 aromatic rings. The van der Waals surface area contributed by atoms with Crippen molar-refractivity contribution in [3.8, 4) is 0 Å². The highest BCUT2D eigenvalue weighted by atomic mass is 15.2. The largest absolute Gasteiger partial charge is 0.314 e. The molecular weight excluding hydrogens is 232 g/mol. The lowest BCUT2D eigenvalue weighted by molar-refractivity contribution is 0.133. The van der Waals surface area contributed by atoms with Gasteiger partial charge in [-0.2, -0.15) is 0 Å². The Kier molecular flexibility index (Phi) is 4.31. The summed E-state index contributed by atoms with van der Waals surface area (Å²) in [6.07, 6.45) is 8.61. The van der Waals surface area contributed by atoms with Crippen LogP contribution in [0.4, 0.5) is 0 Å². The van der Waals surface area contributed by atoms with Crippen LogP contribution in [-0.4, -0.2) is 31.1 Å². The van der Waals surface area contributed by atoms with E-state index < -0.39 is 0 Å². The van der Waals surface area contributed by atoms with E-state index >= 15 is 0 Å². The summed E-state index contributed by atoms with van der Waals surface area (Å²) in [4.78, 5) is 2.69. The summed E-state index contributed by atoms with van der Waals surface area (Å²) < 4.78 is 0. The van der Waals surface area contributed by atoms with Crippen LogP contribution in [0.3, 0.4) is 0 Å². The third-order valence-electron chi connectivity index (χ3n) is 4.41. The van der Waals surface area contributed by atoms with E-state index in [-0.39, 0.29) is 0 Å². The van der Waals surface area contributed by atoms with Crippen molar-refractivity contribution in [3.63, 3.8) is 0 Å². The number of hydrogen-bond donors (Lipinski definition) is 1. The van der Waals surface area contributed by atoms with Crippen LogP contribution in [0.25, 0.3) is 0 Å². The third-order valence-corrected chi connectivity index (χ3v) is 4.41. The van der Waals surface area contributed by atoms with Crippen LogP contribution in [0.5, 0.6) is 0 Å². The smallest absolute Gasteiger partial charge is 0.0473 e. The SMILES string of the molecule is C1=CCC(CN2CCNCC2c2ccccc2)CC1. The van der Waals surface area contributed by atoms with Gasteiger partial charge in [-0.05, 0) is 30.7 Å². The summed E-state index contributed by atoms with van der Waals surface area (Å²) in [6.45, 7) is 4.66. The average molecular weight is 256 g/mol. The van der Waals surface area contributed by atoms with E-state index in [1.54, 1.807) is 0 Å². The number of nitrogens with one attached hydrogen (secondary N) is 1. The van der Waals surface area contributed by atoms with Crippen molar-refractivity contribution in [2.75, 3.05) is 26.2 Å². The van der Waals surface area contributed by atoms with E-state index in [1.807, 2.05) is 0 Å². The molecule has 1 aliphatic heterocycles. The summed E-state index contributed by atoms with van der Waals surface area (Å²) >= 11 is 0. The van der Waals surface area contributed by atoms with Crippen LogP contribution in [-0.2, 0) is 0 Å². The molecule has 1 N–H and O–H groups in total. The fraction of sp³-hybridized carbons (Fsp3) is 0.529. The molecule has 0 spiro atoms. The summed E-state index contributed by atoms with van der Waals surface area (Å²) in [5, 5.41) is 3.54. The third kappa shape index (κ3) is 3.26. The van der Waals surface area contributed by atoms with Crippen LogP contribution < -0.4 is 5.32 Å². The molecule has 0 aromatic heterocycles. The fourth-order valence-electron chi connectivity index (χ4n) is 3.32. The second-order valence-corrected chi connectivity index (χ2v) is 5.78. The topological polar surface area (TPSA) is 15.3 Å². The maximum Gasteiger partial charge on any atom is 0.0473 e. The first kappa shape index (κ1) is 12.9. The van der Waals surface area contributed by atoms with Crippen LogP contribution in [0.2, 0.25) is 0 Å². The minimum Gasteiger partial charge on any atom is -0.314 e. The first-order valence-electron chi connectivity index (χ1n) is 7.58. The van der Waals surface area contributed by atoms with Crippen LogP contribution in [0, 0.1) is 5.92 Å². The zero-order chi connectivity index (χ0) is 12.9. The summed E-state index contributed by atoms with van der Waals surface area (Å²) in [7, 11) is 0. The van der Waals surface area contributed by atoms with Gasteiger partial charge < -0.3 is 5.32 Å². The van der Waals surface area contributed by atoms with Crippen molar-refractivity contribution >= 4 is 0 Å². The molecule has 0 saturated carbocycles. The second-order valence-electron chi connectivity index (χ2n) is 5.78. The van der Waals surface area contributed by atoms with E-state index in [9.17, 15) is 0 Å². The van der Waals surface area contributed by atoms with Crippen molar-refractivity contribution in [3.05, 3.63) is 48.0 Å². The van der Waals surface area contributed by atoms with Gasteiger partial charge in [-0.25, -0.2) is 0 Å². The molecule has 2 atom stereocenters. The number of benzene rings is 1. The Morgan fingerprint density at radius 1 is 1.16 bits per heavy atom. The first-order chi connectivity index (χ1) is 9.43. The summed E-state index contributed by atoms with van der Waals surface area (Å²) in [6, 6.07) is 11.5. The van der Waals surface area contributed by atoms with Gasteiger partial charge in [-0.1, -0.05) is 42.5 Å². The van der Waals surface area contributed by atoms with Gasteiger partial charge in [-0.3, -0.25) is 4.90 Å². The van der Waals surface area contributed by atoms with E-state index in [4.69, 9.17) is 0 Å². The number of hydrogen-bond acceptors (Lipinski definition) is 2. The van der Waals surface area contributed by atoms with Crippen molar-refractivity contribution in [1.82, 2.24) is 10.2 Å². The Balaban J connectivity index is 1.68. The van der Waals surface area contributed by atoms with Gasteiger partial charge in [-0.15, -0.1) is 0 Å². The molecule has 2 nitrogen and oxygen atoms in total. The Morgan fingerprint density at radius 2 is 2.05 bits per heavy atom. The lowest BCUT2D eigenvalue weighted by atomic mass is 9.92. The Morgan fingerprint density at radius 3 is 2.84 bits per heavy atom. The van der Waals surface area contributed by atoms with Crippen molar-refractivity contribution in [1.29, 1.82) is 0 Å². The van der Waals surface area contributed by atoms with Gasteiger partial charge in [0.25, 0.3) is 0 Å². The van der Waals surface area contributed by atoms with Crippen LogP contribution in [0.15, 0.2) is 42.5 Å². The zero-order valence-corrected chi connectivity index (χ0v) is 11.6. The number of nitrogens with zero attached hydrogens (tertiary/aromatic N) is 1. The molecule has 102 valence electrons. The first-order valence-corrected chi connectivity index (χ1v) is 7.58. The van der Waals surface area contributed by atoms with Gasteiger partial charge in [0.05, 0.1) is 0 Å². The van der Waals surface area contributed by atoms with Gasteiger partial charge in [0.1, 0.15) is 0 Å². The van der Waals surface area contributed by atoms with E-state index in [1.165, 1.54) is 37.9 Å². The Labute approximate surface area is 116 Å². The standard InChI is InChI=1S/C17H24N2/c1-3-7-15(8-4-1)14-19-12-11-18-13-17(19)16-9-5-2-6-10-16/h1-3,5-6,9-10,15,17-18H,4,7-8,11-14H2. The maximum atomic E-state index is 3.54. The minimum atomic E-state index is 0.556. The molecule has 2 heteroatoms. The van der Waals surface area contributed by atoms with E-state index in [2.05, 4.69) is 52.7 Å². The van der Waals surface area contributed by atoms with Crippen molar-refractivity contribution < 1.29 is 0 Å². The lowest BCUT2D eigenvalue weighted by Gasteiger charge is -2.39. The molecule has 1 saturated heterocycles. The van der Waals surface area contributed by atoms with Gasteiger partial charge in [0, 0.05) is 32.2 Å². The molecule has 2 aliphatic rings. The lowest BCUT2D eigenvalue weighted by Crippen LogP contribution is -2.47. The Bertz CT molecular complexity index is 413. The predicted molar refractivity (Wildman–Crippen MR) is 80.1 cm³/mol. The normalized spacial score (nSPS) is 28.4. The van der Waals surface area contributed by atoms with Crippen LogP contribution >= 0.6 is 0 Å². The number of piperazine rings is 1. The fourth-order valence-corrected chi connectivity index (χ4v) is 3.32. The van der Waals surface area contributed by atoms with Gasteiger partial charge in [0.15, 0.2) is 0 Å². The molecule has 3 rings (SSSR count). The highest BCUT2D eigenvalue weighted by Gasteiger charge is 2.25. The molecule has 19 heavy (non-hydrogen) atoms. The number of allylic oxidation sites excluding steroid dienone is 2. The molecule has 0 amide bonds. The Hall–Kier alpha value is -1.12. The van der Waals surface area contributed by atoms with Gasteiger partial charge in [0.2, 0.25) is 0 Å². The molecule has 1 aromatic carbocycles.